The van der Waals surface area contributed by atoms with Gasteiger partial charge < -0.3 is 4.74 Å². The van der Waals surface area contributed by atoms with Gasteiger partial charge in [0.1, 0.15) is 12.4 Å². The molecule has 0 amide bonds. The molecule has 0 N–H and O–H groups in total. The van der Waals surface area contributed by atoms with Crippen molar-refractivity contribution in [2.45, 2.75) is 12.8 Å². The van der Waals surface area contributed by atoms with Crippen LogP contribution < -0.4 is 5.32 Å². The van der Waals surface area contributed by atoms with E-state index in [4.69, 9.17) is 4.74 Å². The first kappa shape index (κ1) is 5.83. The predicted octanol–water partition coefficient (Wildman–Crippen LogP) is 1.18. The summed E-state index contributed by atoms with van der Waals surface area (Å²) >= 11 is 0. The summed E-state index contributed by atoms with van der Waals surface area (Å²) in [5.41, 5.74) is 1.16. The Balaban J connectivity index is 2.17. The lowest BCUT2D eigenvalue weighted by Gasteiger charge is -2.21. The van der Waals surface area contributed by atoms with E-state index < -0.39 is 0 Å². The van der Waals surface area contributed by atoms with E-state index in [-0.39, 0.29) is 0 Å². The van der Waals surface area contributed by atoms with Crippen molar-refractivity contribution >= 4 is 0 Å². The Kier molecular flexibility index (Phi) is 1.38. The van der Waals surface area contributed by atoms with Crippen LogP contribution in [-0.4, -0.2) is 13.2 Å². The molecule has 0 fully saturated rings. The second-order valence-electron chi connectivity index (χ2n) is 2.48. The fourth-order valence-electron chi connectivity index (χ4n) is 1.26. The summed E-state index contributed by atoms with van der Waals surface area (Å²) in [6, 6.07) is 0. The lowest BCUT2D eigenvalue weighted by Crippen LogP contribution is -2.21. The third-order valence-corrected chi connectivity index (χ3v) is 1.77. The number of ether oxygens (including phenoxy) is 1. The van der Waals surface area contributed by atoms with Gasteiger partial charge in [0.25, 0.3) is 0 Å². The summed E-state index contributed by atoms with van der Waals surface area (Å²) in [6.07, 6.45) is 6.20. The van der Waals surface area contributed by atoms with Crippen molar-refractivity contribution in [3.05, 3.63) is 23.6 Å². The van der Waals surface area contributed by atoms with Crippen LogP contribution in [0.2, 0.25) is 0 Å². The van der Waals surface area contributed by atoms with Gasteiger partial charge in [-0.15, -0.1) is 0 Å². The van der Waals surface area contributed by atoms with Crippen LogP contribution in [0, 0.1) is 0 Å². The molecular weight excluding hydrogens is 126 g/mol. The molecule has 1 radical (unpaired) electrons. The number of rotatable bonds is 0. The van der Waals surface area contributed by atoms with E-state index in [1.165, 1.54) is 0 Å². The maximum absolute atomic E-state index is 5.42. The molecule has 0 atom stereocenters. The zero-order valence-electron chi connectivity index (χ0n) is 5.84. The van der Waals surface area contributed by atoms with E-state index in [0.29, 0.717) is 0 Å². The summed E-state index contributed by atoms with van der Waals surface area (Å²) in [6.45, 7) is 1.61. The first-order valence-corrected chi connectivity index (χ1v) is 3.64. The summed E-state index contributed by atoms with van der Waals surface area (Å²) in [7, 11) is 0. The molecule has 0 spiro atoms. The third kappa shape index (κ3) is 0.897. The van der Waals surface area contributed by atoms with Gasteiger partial charge in [-0.1, -0.05) is 12.2 Å². The molecule has 1 aliphatic carbocycles. The Hall–Kier alpha value is -0.920. The van der Waals surface area contributed by atoms with Crippen LogP contribution in [0.4, 0.5) is 0 Å². The van der Waals surface area contributed by atoms with Crippen molar-refractivity contribution in [3.63, 3.8) is 0 Å². The maximum atomic E-state index is 5.42. The van der Waals surface area contributed by atoms with Crippen molar-refractivity contribution in [2.24, 2.45) is 0 Å². The molecular formula is C8H10NO. The van der Waals surface area contributed by atoms with Gasteiger partial charge in [-0.2, -0.15) is 0 Å². The molecule has 10 heavy (non-hydrogen) atoms. The lowest BCUT2D eigenvalue weighted by molar-refractivity contribution is 0.182. The van der Waals surface area contributed by atoms with Crippen molar-refractivity contribution in [2.75, 3.05) is 13.2 Å². The van der Waals surface area contributed by atoms with Gasteiger partial charge in [0.15, 0.2) is 0 Å². The van der Waals surface area contributed by atoms with Gasteiger partial charge in [0.2, 0.25) is 0 Å². The Morgan fingerprint density at radius 1 is 1.30 bits per heavy atom. The SMILES string of the molecule is C1=CCC2=C(C1)[N]CCO2. The second-order valence-corrected chi connectivity index (χ2v) is 2.48. The van der Waals surface area contributed by atoms with Gasteiger partial charge in [0, 0.05) is 12.8 Å². The van der Waals surface area contributed by atoms with Crippen LogP contribution in [-0.2, 0) is 4.74 Å². The maximum Gasteiger partial charge on any atom is 0.121 e. The summed E-state index contributed by atoms with van der Waals surface area (Å²) in [4.78, 5) is 0. The highest BCUT2D eigenvalue weighted by molar-refractivity contribution is 5.19. The van der Waals surface area contributed by atoms with Crippen LogP contribution in [0.1, 0.15) is 12.8 Å². The minimum absolute atomic E-state index is 0.771. The molecule has 0 saturated heterocycles. The molecule has 0 aromatic heterocycles. The van der Waals surface area contributed by atoms with Crippen LogP contribution in [0.5, 0.6) is 0 Å². The van der Waals surface area contributed by atoms with Crippen LogP contribution in [0.3, 0.4) is 0 Å². The molecule has 53 valence electrons. The lowest BCUT2D eigenvalue weighted by atomic mass is 10.1. The van der Waals surface area contributed by atoms with Crippen LogP contribution in [0.15, 0.2) is 23.6 Å². The highest BCUT2D eigenvalue weighted by Gasteiger charge is 2.14. The first-order chi connectivity index (χ1) is 4.97. The quantitative estimate of drug-likeness (QED) is 0.459. The molecule has 0 unspecified atom stereocenters. The molecule has 1 aliphatic heterocycles. The van der Waals surface area contributed by atoms with Gasteiger partial charge in [-0.05, 0) is 0 Å². The number of hydrogen-bond donors (Lipinski definition) is 0. The monoisotopic (exact) mass is 136 g/mol. The molecule has 1 heterocycles. The minimum atomic E-state index is 0.771. The Morgan fingerprint density at radius 2 is 2.20 bits per heavy atom. The van der Waals surface area contributed by atoms with Gasteiger partial charge in [0.05, 0.1) is 12.2 Å². The van der Waals surface area contributed by atoms with E-state index in [2.05, 4.69) is 17.5 Å². The van der Waals surface area contributed by atoms with Crippen molar-refractivity contribution in [1.29, 1.82) is 0 Å². The molecule has 0 saturated carbocycles. The first-order valence-electron chi connectivity index (χ1n) is 3.64. The van der Waals surface area contributed by atoms with Gasteiger partial charge >= 0.3 is 0 Å². The highest BCUT2D eigenvalue weighted by Crippen LogP contribution is 2.21. The summed E-state index contributed by atoms with van der Waals surface area (Å²) in [5.74, 6) is 1.09. The predicted molar refractivity (Wildman–Crippen MR) is 38.4 cm³/mol. The van der Waals surface area contributed by atoms with E-state index >= 15 is 0 Å². The van der Waals surface area contributed by atoms with Crippen LogP contribution in [0.25, 0.3) is 0 Å². The zero-order valence-corrected chi connectivity index (χ0v) is 5.84. The molecule has 2 nitrogen and oxygen atoms in total. The minimum Gasteiger partial charge on any atom is -0.494 e. The number of hydrogen-bond acceptors (Lipinski definition) is 1. The van der Waals surface area contributed by atoms with E-state index in [0.717, 1.165) is 37.4 Å². The van der Waals surface area contributed by atoms with Gasteiger partial charge in [-0.25, -0.2) is 0 Å². The average Bonchev–Trinajstić information content (AvgIpc) is 2.05. The molecule has 0 aromatic rings. The molecule has 2 heteroatoms. The van der Waals surface area contributed by atoms with Crippen molar-refractivity contribution in [3.8, 4) is 0 Å². The van der Waals surface area contributed by atoms with E-state index in [1.807, 2.05) is 0 Å². The normalized spacial score (nSPS) is 23.2. The summed E-state index contributed by atoms with van der Waals surface area (Å²) < 4.78 is 5.42. The fourth-order valence-corrected chi connectivity index (χ4v) is 1.26. The molecule has 0 aromatic carbocycles. The van der Waals surface area contributed by atoms with Gasteiger partial charge in [-0.3, -0.25) is 5.32 Å². The zero-order chi connectivity index (χ0) is 6.81. The van der Waals surface area contributed by atoms with E-state index in [1.54, 1.807) is 0 Å². The highest BCUT2D eigenvalue weighted by atomic mass is 16.5. The number of allylic oxidation sites excluding steroid dienone is 2. The summed E-state index contributed by atoms with van der Waals surface area (Å²) in [5, 5.41) is 4.35. The fraction of sp³-hybridized carbons (Fsp3) is 0.500. The Bertz CT molecular complexity index is 173. The molecule has 2 aliphatic rings. The second kappa shape index (κ2) is 2.37. The smallest absolute Gasteiger partial charge is 0.121 e. The van der Waals surface area contributed by atoms with Crippen LogP contribution >= 0.6 is 0 Å². The van der Waals surface area contributed by atoms with Crippen molar-refractivity contribution < 1.29 is 4.74 Å². The topological polar surface area (TPSA) is 23.3 Å². The largest absolute Gasteiger partial charge is 0.494 e. The third-order valence-electron chi connectivity index (χ3n) is 1.77. The Morgan fingerprint density at radius 3 is 3.10 bits per heavy atom. The average molecular weight is 136 g/mol. The standard InChI is InChI=1S/C8H10NO/c1-2-4-8-7(3-1)9-5-6-10-8/h1-2H,3-6H2. The van der Waals surface area contributed by atoms with E-state index in [9.17, 15) is 0 Å². The molecule has 2 rings (SSSR count). The Labute approximate surface area is 60.6 Å². The molecule has 0 bridgehead atoms. The van der Waals surface area contributed by atoms with Crippen molar-refractivity contribution in [1.82, 2.24) is 5.32 Å². The number of nitrogens with zero attached hydrogens (tertiary/aromatic N) is 1.